The zero-order valence-corrected chi connectivity index (χ0v) is 8.93. The van der Waals surface area contributed by atoms with Gasteiger partial charge in [0.25, 0.3) is 0 Å². The highest BCUT2D eigenvalue weighted by Crippen LogP contribution is 2.29. The Balaban J connectivity index is 2.46. The van der Waals surface area contributed by atoms with Gasteiger partial charge in [-0.25, -0.2) is 8.42 Å². The molecule has 0 atom stereocenters. The maximum absolute atomic E-state index is 11.2. The summed E-state index contributed by atoms with van der Waals surface area (Å²) in [5.41, 5.74) is 0.657. The maximum Gasteiger partial charge on any atom is 0.184 e. The van der Waals surface area contributed by atoms with Crippen molar-refractivity contribution in [3.8, 4) is 10.6 Å². The summed E-state index contributed by atoms with van der Waals surface area (Å²) in [4.78, 5) is 0.791. The summed E-state index contributed by atoms with van der Waals surface area (Å²) in [5.74, 6) is 0. The molecule has 0 bridgehead atoms. The molecule has 0 fully saturated rings. The van der Waals surface area contributed by atoms with E-state index in [1.165, 1.54) is 23.9 Å². The van der Waals surface area contributed by atoms with Gasteiger partial charge in [0.15, 0.2) is 9.84 Å². The quantitative estimate of drug-likeness (QED) is 0.788. The maximum atomic E-state index is 11.2. The predicted octanol–water partition coefficient (Wildman–Crippen LogP) is 1.81. The first kappa shape index (κ1) is 9.42. The van der Waals surface area contributed by atoms with Crippen LogP contribution >= 0.6 is 11.3 Å². The molecule has 0 saturated carbocycles. The summed E-state index contributed by atoms with van der Waals surface area (Å²) >= 11 is 1.19. The molecule has 14 heavy (non-hydrogen) atoms. The molecule has 0 N–H and O–H groups in total. The third-order valence-electron chi connectivity index (χ3n) is 1.64. The van der Waals surface area contributed by atoms with E-state index < -0.39 is 9.84 Å². The van der Waals surface area contributed by atoms with E-state index in [1.807, 2.05) is 0 Å². The molecule has 4 nitrogen and oxygen atoms in total. The summed E-state index contributed by atoms with van der Waals surface area (Å²) in [6.45, 7) is 0. The van der Waals surface area contributed by atoms with Gasteiger partial charge in [-0.1, -0.05) is 5.16 Å². The second-order valence-electron chi connectivity index (χ2n) is 2.78. The lowest BCUT2D eigenvalue weighted by Crippen LogP contribution is -1.91. The smallest absolute Gasteiger partial charge is 0.184 e. The van der Waals surface area contributed by atoms with Crippen molar-refractivity contribution in [1.29, 1.82) is 0 Å². The molecule has 0 amide bonds. The molecular formula is C8H7NO3S2. The van der Waals surface area contributed by atoms with E-state index in [0.29, 0.717) is 9.90 Å². The largest absolute Gasteiger partial charge is 0.364 e. The standard InChI is InChI=1S/C8H7NO3S2/c1-14(10,11)8-3-2-7(13-8)6-4-5-12-9-6/h2-5H,1H3. The van der Waals surface area contributed by atoms with Gasteiger partial charge < -0.3 is 4.52 Å². The average Bonchev–Trinajstić information content (AvgIpc) is 2.73. The van der Waals surface area contributed by atoms with E-state index in [2.05, 4.69) is 9.68 Å². The van der Waals surface area contributed by atoms with Crippen LogP contribution in [0.4, 0.5) is 0 Å². The van der Waals surface area contributed by atoms with Gasteiger partial charge in [-0.05, 0) is 12.1 Å². The molecule has 6 heteroatoms. The second kappa shape index (κ2) is 3.21. The van der Waals surface area contributed by atoms with E-state index in [9.17, 15) is 8.42 Å². The van der Waals surface area contributed by atoms with Gasteiger partial charge in [0.05, 0.1) is 4.88 Å². The molecular weight excluding hydrogens is 222 g/mol. The minimum absolute atomic E-state index is 0.343. The summed E-state index contributed by atoms with van der Waals surface area (Å²) in [7, 11) is -3.11. The highest BCUT2D eigenvalue weighted by Gasteiger charge is 2.12. The zero-order valence-electron chi connectivity index (χ0n) is 7.30. The van der Waals surface area contributed by atoms with Crippen LogP contribution in [0, 0.1) is 0 Å². The third kappa shape index (κ3) is 1.71. The number of nitrogens with zero attached hydrogens (tertiary/aromatic N) is 1. The van der Waals surface area contributed by atoms with Crippen molar-refractivity contribution < 1.29 is 12.9 Å². The van der Waals surface area contributed by atoms with Crippen LogP contribution in [-0.2, 0) is 9.84 Å². The van der Waals surface area contributed by atoms with E-state index in [4.69, 9.17) is 0 Å². The number of rotatable bonds is 2. The van der Waals surface area contributed by atoms with E-state index >= 15 is 0 Å². The highest BCUT2D eigenvalue weighted by molar-refractivity contribution is 7.92. The predicted molar refractivity (Wildman–Crippen MR) is 52.9 cm³/mol. The van der Waals surface area contributed by atoms with Gasteiger partial charge >= 0.3 is 0 Å². The fraction of sp³-hybridized carbons (Fsp3) is 0.125. The average molecular weight is 229 g/mol. The van der Waals surface area contributed by atoms with Crippen molar-refractivity contribution in [2.24, 2.45) is 0 Å². The van der Waals surface area contributed by atoms with E-state index in [-0.39, 0.29) is 0 Å². The lowest BCUT2D eigenvalue weighted by atomic mass is 10.3. The van der Waals surface area contributed by atoms with Gasteiger partial charge in [0.2, 0.25) is 0 Å². The van der Waals surface area contributed by atoms with Gasteiger partial charge in [-0.15, -0.1) is 11.3 Å². The number of thiophene rings is 1. The lowest BCUT2D eigenvalue weighted by Gasteiger charge is -1.88. The molecule has 0 unspecified atom stereocenters. The molecule has 0 saturated heterocycles. The van der Waals surface area contributed by atoms with Gasteiger partial charge in [0.1, 0.15) is 16.2 Å². The van der Waals surface area contributed by atoms with E-state index in [1.54, 1.807) is 18.2 Å². The Morgan fingerprint density at radius 2 is 2.14 bits per heavy atom. The highest BCUT2D eigenvalue weighted by atomic mass is 32.2. The Bertz CT molecular complexity index is 525. The molecule has 2 heterocycles. The molecule has 74 valence electrons. The molecule has 2 rings (SSSR count). The van der Waals surface area contributed by atoms with Gasteiger partial charge in [0, 0.05) is 12.3 Å². The molecule has 2 aromatic rings. The van der Waals surface area contributed by atoms with Crippen LogP contribution in [-0.4, -0.2) is 19.8 Å². The topological polar surface area (TPSA) is 60.2 Å². The van der Waals surface area contributed by atoms with E-state index in [0.717, 1.165) is 4.88 Å². The second-order valence-corrected chi connectivity index (χ2v) is 6.10. The molecule has 0 radical (unpaired) electrons. The Morgan fingerprint density at radius 3 is 2.64 bits per heavy atom. The molecule has 2 aromatic heterocycles. The van der Waals surface area contributed by atoms with Crippen molar-refractivity contribution in [3.63, 3.8) is 0 Å². The molecule has 0 aromatic carbocycles. The van der Waals surface area contributed by atoms with Crippen LogP contribution in [0.1, 0.15) is 0 Å². The van der Waals surface area contributed by atoms with Crippen molar-refractivity contribution in [2.75, 3.05) is 6.26 Å². The van der Waals surface area contributed by atoms with Crippen LogP contribution in [0.3, 0.4) is 0 Å². The van der Waals surface area contributed by atoms with Crippen molar-refractivity contribution in [1.82, 2.24) is 5.16 Å². The van der Waals surface area contributed by atoms with Crippen LogP contribution in [0.15, 0.2) is 33.2 Å². The fourth-order valence-electron chi connectivity index (χ4n) is 0.997. The lowest BCUT2D eigenvalue weighted by molar-refractivity contribution is 0.422. The molecule has 0 aliphatic rings. The summed E-state index contributed by atoms with van der Waals surface area (Å²) in [6, 6.07) is 4.99. The van der Waals surface area contributed by atoms with Crippen LogP contribution in [0.5, 0.6) is 0 Å². The van der Waals surface area contributed by atoms with Crippen molar-refractivity contribution in [3.05, 3.63) is 24.5 Å². The zero-order chi connectivity index (χ0) is 10.2. The molecule has 0 aliphatic carbocycles. The number of hydrogen-bond donors (Lipinski definition) is 0. The molecule has 0 spiro atoms. The summed E-state index contributed by atoms with van der Waals surface area (Å²) < 4.78 is 27.4. The van der Waals surface area contributed by atoms with Crippen LogP contribution < -0.4 is 0 Å². The van der Waals surface area contributed by atoms with Crippen molar-refractivity contribution in [2.45, 2.75) is 4.21 Å². The molecule has 0 aliphatic heterocycles. The van der Waals surface area contributed by atoms with Crippen LogP contribution in [0.2, 0.25) is 0 Å². The first-order chi connectivity index (χ1) is 6.57. The monoisotopic (exact) mass is 229 g/mol. The SMILES string of the molecule is CS(=O)(=O)c1ccc(-c2ccon2)s1. The first-order valence-electron chi connectivity index (χ1n) is 3.78. The summed E-state index contributed by atoms with van der Waals surface area (Å²) in [5, 5.41) is 3.72. The summed E-state index contributed by atoms with van der Waals surface area (Å²) in [6.07, 6.45) is 2.64. The Labute approximate surface area is 85.1 Å². The number of hydrogen-bond acceptors (Lipinski definition) is 5. The Kier molecular flexibility index (Phi) is 2.16. The third-order valence-corrected chi connectivity index (χ3v) is 4.56. The minimum atomic E-state index is -3.11. The number of sulfone groups is 1. The Morgan fingerprint density at radius 1 is 1.36 bits per heavy atom. The van der Waals surface area contributed by atoms with Crippen molar-refractivity contribution >= 4 is 21.2 Å². The first-order valence-corrected chi connectivity index (χ1v) is 6.49. The fourth-order valence-corrected chi connectivity index (χ4v) is 2.89. The Hall–Kier alpha value is -1.14. The van der Waals surface area contributed by atoms with Crippen LogP contribution in [0.25, 0.3) is 10.6 Å². The number of aromatic nitrogens is 1. The minimum Gasteiger partial charge on any atom is -0.364 e. The van der Waals surface area contributed by atoms with Gasteiger partial charge in [-0.3, -0.25) is 0 Å². The normalized spacial score (nSPS) is 11.8. The van der Waals surface area contributed by atoms with Gasteiger partial charge in [-0.2, -0.15) is 0 Å².